The Morgan fingerprint density at radius 3 is 2.28 bits per heavy atom. The van der Waals surface area contributed by atoms with Gasteiger partial charge in [0.15, 0.2) is 17.3 Å². The molecule has 0 aromatic heterocycles. The number of methoxy groups -OCH3 is 2. The Morgan fingerprint density at radius 1 is 1.22 bits per heavy atom. The van der Waals surface area contributed by atoms with Gasteiger partial charge in [0.1, 0.15) is 0 Å². The molecule has 1 fully saturated rings. The first kappa shape index (κ1) is 12.9. The lowest BCUT2D eigenvalue weighted by Gasteiger charge is -2.15. The summed E-state index contributed by atoms with van der Waals surface area (Å²) >= 11 is 0. The lowest BCUT2D eigenvalue weighted by atomic mass is 9.92. The molecule has 1 atom stereocenters. The van der Waals surface area contributed by atoms with Gasteiger partial charge in [-0.15, -0.1) is 0 Å². The van der Waals surface area contributed by atoms with Crippen LogP contribution in [0.2, 0.25) is 0 Å². The van der Waals surface area contributed by atoms with Crippen LogP contribution in [-0.2, 0) is 0 Å². The summed E-state index contributed by atoms with van der Waals surface area (Å²) in [6, 6.07) is 3.67. The third kappa shape index (κ3) is 2.35. The molecule has 1 aliphatic rings. The zero-order chi connectivity index (χ0) is 13.3. The Labute approximate surface area is 108 Å². The molecule has 0 amide bonds. The van der Waals surface area contributed by atoms with Crippen molar-refractivity contribution in [3.05, 3.63) is 23.3 Å². The summed E-state index contributed by atoms with van der Waals surface area (Å²) in [7, 11) is 3.19. The number of carbonyl (C=O) groups excluding carboxylic acids is 1. The van der Waals surface area contributed by atoms with Gasteiger partial charge in [0, 0.05) is 11.5 Å². The van der Waals surface area contributed by atoms with Gasteiger partial charge in [0.25, 0.3) is 0 Å². The summed E-state index contributed by atoms with van der Waals surface area (Å²) in [5.41, 5.74) is 1.71. The van der Waals surface area contributed by atoms with E-state index in [9.17, 15) is 4.79 Å². The van der Waals surface area contributed by atoms with Crippen molar-refractivity contribution < 1.29 is 14.3 Å². The molecule has 2 rings (SSSR count). The second-order valence-electron chi connectivity index (χ2n) is 5.01. The predicted octanol–water partition coefficient (Wildman–Crippen LogP) is 3.24. The number of rotatable bonds is 5. The van der Waals surface area contributed by atoms with Gasteiger partial charge in [-0.05, 0) is 43.4 Å². The molecular weight excluding hydrogens is 228 g/mol. The average Bonchev–Trinajstić information content (AvgIpc) is 3.20. The van der Waals surface area contributed by atoms with E-state index < -0.39 is 0 Å². The van der Waals surface area contributed by atoms with Crippen molar-refractivity contribution in [1.82, 2.24) is 0 Å². The van der Waals surface area contributed by atoms with Crippen LogP contribution in [-0.4, -0.2) is 20.0 Å². The number of Topliss-reactive ketones (excluding diaryl/α,β-unsaturated/α-hetero) is 1. The van der Waals surface area contributed by atoms with E-state index in [0.717, 1.165) is 11.1 Å². The predicted molar refractivity (Wildman–Crippen MR) is 70.5 cm³/mol. The quantitative estimate of drug-likeness (QED) is 0.750. The second kappa shape index (κ2) is 5.01. The number of benzene rings is 1. The van der Waals surface area contributed by atoms with E-state index in [1.165, 1.54) is 12.8 Å². The van der Waals surface area contributed by atoms with E-state index >= 15 is 0 Å². The molecule has 1 unspecified atom stereocenters. The average molecular weight is 248 g/mol. The second-order valence-corrected chi connectivity index (χ2v) is 5.01. The molecule has 18 heavy (non-hydrogen) atoms. The number of ketones is 1. The Balaban J connectivity index is 2.34. The highest BCUT2D eigenvalue weighted by Crippen LogP contribution is 2.39. The van der Waals surface area contributed by atoms with E-state index in [0.29, 0.717) is 17.4 Å². The summed E-state index contributed by atoms with van der Waals surface area (Å²) in [6.45, 7) is 3.96. The Bertz CT molecular complexity index is 461. The summed E-state index contributed by atoms with van der Waals surface area (Å²) in [6.07, 6.45) is 2.36. The fourth-order valence-electron chi connectivity index (χ4n) is 2.30. The molecule has 0 aliphatic heterocycles. The van der Waals surface area contributed by atoms with Crippen LogP contribution in [0.25, 0.3) is 0 Å². The number of carbonyl (C=O) groups is 1. The largest absolute Gasteiger partial charge is 0.493 e. The van der Waals surface area contributed by atoms with Crippen molar-refractivity contribution in [1.29, 1.82) is 0 Å². The minimum atomic E-state index is 0.113. The molecule has 1 saturated carbocycles. The van der Waals surface area contributed by atoms with Crippen LogP contribution in [0.4, 0.5) is 0 Å². The number of aryl methyl sites for hydroxylation is 1. The van der Waals surface area contributed by atoms with Gasteiger partial charge in [-0.1, -0.05) is 6.92 Å². The van der Waals surface area contributed by atoms with E-state index in [4.69, 9.17) is 9.47 Å². The number of ether oxygens (including phenoxy) is 2. The van der Waals surface area contributed by atoms with Gasteiger partial charge in [-0.3, -0.25) is 4.79 Å². The monoisotopic (exact) mass is 248 g/mol. The normalized spacial score (nSPS) is 16.2. The molecule has 0 N–H and O–H groups in total. The highest BCUT2D eigenvalue weighted by atomic mass is 16.5. The molecular formula is C15H20O3. The zero-order valence-electron chi connectivity index (χ0n) is 11.4. The third-order valence-corrected chi connectivity index (χ3v) is 3.74. The van der Waals surface area contributed by atoms with Gasteiger partial charge in [0.05, 0.1) is 14.2 Å². The SMILES string of the molecule is COc1cc(C)c(C(=O)C(C)C2CC2)cc1OC. The molecule has 3 nitrogen and oxygen atoms in total. The molecule has 0 saturated heterocycles. The summed E-state index contributed by atoms with van der Waals surface area (Å²) < 4.78 is 10.5. The van der Waals surface area contributed by atoms with Crippen LogP contribution in [0.1, 0.15) is 35.7 Å². The van der Waals surface area contributed by atoms with E-state index in [-0.39, 0.29) is 11.7 Å². The molecule has 98 valence electrons. The van der Waals surface area contributed by atoms with Crippen LogP contribution in [0.15, 0.2) is 12.1 Å². The Morgan fingerprint density at radius 2 is 1.78 bits per heavy atom. The lowest BCUT2D eigenvalue weighted by Crippen LogP contribution is -2.14. The van der Waals surface area contributed by atoms with Gasteiger partial charge >= 0.3 is 0 Å². The highest BCUT2D eigenvalue weighted by Gasteiger charge is 2.33. The smallest absolute Gasteiger partial charge is 0.166 e. The molecule has 1 aliphatic carbocycles. The van der Waals surface area contributed by atoms with Gasteiger partial charge < -0.3 is 9.47 Å². The summed E-state index contributed by atoms with van der Waals surface area (Å²) in [5, 5.41) is 0. The van der Waals surface area contributed by atoms with E-state index in [1.807, 2.05) is 19.9 Å². The number of hydrogen-bond donors (Lipinski definition) is 0. The molecule has 0 radical (unpaired) electrons. The molecule has 0 spiro atoms. The van der Waals surface area contributed by atoms with Crippen molar-refractivity contribution in [2.75, 3.05) is 14.2 Å². The minimum Gasteiger partial charge on any atom is -0.493 e. The zero-order valence-corrected chi connectivity index (χ0v) is 11.4. The maximum Gasteiger partial charge on any atom is 0.166 e. The van der Waals surface area contributed by atoms with Crippen LogP contribution in [0.3, 0.4) is 0 Å². The van der Waals surface area contributed by atoms with Crippen molar-refractivity contribution in [2.24, 2.45) is 11.8 Å². The van der Waals surface area contributed by atoms with Crippen LogP contribution in [0, 0.1) is 18.8 Å². The van der Waals surface area contributed by atoms with Crippen molar-refractivity contribution in [3.63, 3.8) is 0 Å². The Kier molecular flexibility index (Phi) is 3.60. The van der Waals surface area contributed by atoms with Crippen molar-refractivity contribution >= 4 is 5.78 Å². The fraction of sp³-hybridized carbons (Fsp3) is 0.533. The van der Waals surface area contributed by atoms with Gasteiger partial charge in [0.2, 0.25) is 0 Å². The lowest BCUT2D eigenvalue weighted by molar-refractivity contribution is 0.0915. The topological polar surface area (TPSA) is 35.5 Å². The fourth-order valence-corrected chi connectivity index (χ4v) is 2.30. The first-order valence-electron chi connectivity index (χ1n) is 6.35. The van der Waals surface area contributed by atoms with E-state index in [1.54, 1.807) is 20.3 Å². The third-order valence-electron chi connectivity index (χ3n) is 3.74. The maximum absolute atomic E-state index is 12.4. The van der Waals surface area contributed by atoms with Crippen molar-refractivity contribution in [3.8, 4) is 11.5 Å². The van der Waals surface area contributed by atoms with Gasteiger partial charge in [-0.2, -0.15) is 0 Å². The summed E-state index contributed by atoms with van der Waals surface area (Å²) in [5.74, 6) is 2.20. The standard InChI is InChI=1S/C15H20O3/c1-9-7-13(17-3)14(18-4)8-12(9)15(16)10(2)11-5-6-11/h7-8,10-11H,5-6H2,1-4H3. The first-order valence-corrected chi connectivity index (χ1v) is 6.35. The first-order chi connectivity index (χ1) is 8.58. The van der Waals surface area contributed by atoms with Gasteiger partial charge in [-0.25, -0.2) is 0 Å². The number of hydrogen-bond acceptors (Lipinski definition) is 3. The van der Waals surface area contributed by atoms with Crippen LogP contribution < -0.4 is 9.47 Å². The molecule has 3 heteroatoms. The Hall–Kier alpha value is -1.51. The van der Waals surface area contributed by atoms with Crippen molar-refractivity contribution in [2.45, 2.75) is 26.7 Å². The molecule has 1 aromatic rings. The van der Waals surface area contributed by atoms with Crippen LogP contribution in [0.5, 0.6) is 11.5 Å². The summed E-state index contributed by atoms with van der Waals surface area (Å²) in [4.78, 5) is 12.4. The maximum atomic E-state index is 12.4. The molecule has 1 aromatic carbocycles. The highest BCUT2D eigenvalue weighted by molar-refractivity contribution is 6.00. The van der Waals surface area contributed by atoms with Crippen LogP contribution >= 0.6 is 0 Å². The van der Waals surface area contributed by atoms with E-state index in [2.05, 4.69) is 0 Å². The molecule has 0 bridgehead atoms. The minimum absolute atomic E-state index is 0.113. The molecule has 0 heterocycles.